The van der Waals surface area contributed by atoms with E-state index in [1.807, 2.05) is 20.9 Å². The van der Waals surface area contributed by atoms with Gasteiger partial charge in [-0.05, 0) is 19.3 Å². The first-order chi connectivity index (χ1) is 6.74. The highest BCUT2D eigenvalue weighted by molar-refractivity contribution is 7.71. The van der Waals surface area contributed by atoms with Crippen LogP contribution in [0.3, 0.4) is 0 Å². The monoisotopic (exact) mass is 218 g/mol. The molecule has 0 spiro atoms. The van der Waals surface area contributed by atoms with Gasteiger partial charge in [0.15, 0.2) is 0 Å². The van der Waals surface area contributed by atoms with Gasteiger partial charge >= 0.3 is 0 Å². The lowest BCUT2D eigenvalue weighted by Crippen LogP contribution is -2.37. The quantitative estimate of drug-likeness (QED) is 0.334. The third-order valence-corrected chi connectivity index (χ3v) is 1.56. The molecule has 0 aromatic carbocycles. The molecule has 0 atom stereocenters. The summed E-state index contributed by atoms with van der Waals surface area (Å²) in [6.45, 7) is 5.47. The smallest absolute Gasteiger partial charge is 0.235 e. The van der Waals surface area contributed by atoms with Gasteiger partial charge in [-0.2, -0.15) is 4.98 Å². The predicted octanol–water partition coefficient (Wildman–Crippen LogP) is 0.393. The van der Waals surface area contributed by atoms with E-state index in [0.717, 1.165) is 6.54 Å². The summed E-state index contributed by atoms with van der Waals surface area (Å²) in [4.78, 5) is 3.94. The number of nitrogens with one attached hydrogen (secondary N) is 3. The van der Waals surface area contributed by atoms with Gasteiger partial charge in [0.25, 0.3) is 0 Å². The molecule has 7 heteroatoms. The normalized spacial score (nSPS) is 9.14. The zero-order valence-corrected chi connectivity index (χ0v) is 9.61. The average Bonchev–Trinajstić information content (AvgIpc) is 2.64. The Labute approximate surface area is 88.9 Å². The van der Waals surface area contributed by atoms with E-state index in [1.165, 1.54) is 5.01 Å². The van der Waals surface area contributed by atoms with Crippen LogP contribution in [-0.4, -0.2) is 35.3 Å². The van der Waals surface area contributed by atoms with Crippen LogP contribution in [0.5, 0.6) is 0 Å². The van der Waals surface area contributed by atoms with E-state index in [-0.39, 0.29) is 0 Å². The van der Waals surface area contributed by atoms with Crippen LogP contribution >= 0.6 is 12.2 Å². The summed E-state index contributed by atoms with van der Waals surface area (Å²) >= 11 is 4.77. The van der Waals surface area contributed by atoms with Crippen molar-refractivity contribution >= 4 is 18.2 Å². The molecular formula is C7H18N6S. The fourth-order valence-corrected chi connectivity index (χ4v) is 0.873. The van der Waals surface area contributed by atoms with E-state index in [1.54, 1.807) is 0 Å². The van der Waals surface area contributed by atoms with Gasteiger partial charge in [0, 0.05) is 13.1 Å². The Morgan fingerprint density at radius 2 is 2.14 bits per heavy atom. The number of likely N-dealkylation sites (N-methyl/N-ethyl adjacent to an activating group) is 1. The Morgan fingerprint density at radius 1 is 1.50 bits per heavy atom. The summed E-state index contributed by atoms with van der Waals surface area (Å²) < 4.78 is 0.407. The second-order valence-electron chi connectivity index (χ2n) is 2.29. The number of nitrogens with zero attached hydrogens (tertiary/aromatic N) is 2. The lowest BCUT2D eigenvalue weighted by Gasteiger charge is -2.13. The van der Waals surface area contributed by atoms with Gasteiger partial charge in [0.2, 0.25) is 10.7 Å². The first-order valence-electron chi connectivity index (χ1n) is 4.55. The van der Waals surface area contributed by atoms with Crippen molar-refractivity contribution in [2.24, 2.45) is 5.84 Å². The van der Waals surface area contributed by atoms with E-state index in [0.29, 0.717) is 17.3 Å². The number of hydrazine groups is 1. The molecule has 0 saturated carbocycles. The molecule has 6 nitrogen and oxygen atoms in total. The van der Waals surface area contributed by atoms with Crippen LogP contribution in [0.15, 0.2) is 0 Å². The van der Waals surface area contributed by atoms with Gasteiger partial charge in [-0.25, -0.2) is 5.84 Å². The number of hydrogen-bond donors (Lipinski definition) is 4. The largest absolute Gasteiger partial charge is 0.318 e. The van der Waals surface area contributed by atoms with Gasteiger partial charge in [0.1, 0.15) is 0 Å². The summed E-state index contributed by atoms with van der Waals surface area (Å²) in [6.07, 6.45) is 0. The SMILES string of the molecule is CC.CNCCN(N)c1nc(=S)[nH][nH]1. The Balaban J connectivity index is 0.000000791. The minimum Gasteiger partial charge on any atom is -0.318 e. The first kappa shape index (κ1) is 13.1. The standard InChI is InChI=1S/C5H12N6S.C2H6/c1-7-2-3-11(6)4-8-5(12)10-9-4;1-2/h7H,2-3,6H2,1H3,(H2,8,9,10,12);1-2H3. The van der Waals surface area contributed by atoms with E-state index in [4.69, 9.17) is 18.1 Å². The van der Waals surface area contributed by atoms with E-state index < -0.39 is 0 Å². The maximum atomic E-state index is 5.63. The molecule has 0 fully saturated rings. The Morgan fingerprint density at radius 3 is 2.57 bits per heavy atom. The summed E-state index contributed by atoms with van der Waals surface area (Å²) in [5, 5.41) is 9.87. The number of nitrogens with two attached hydrogens (primary N) is 1. The molecule has 0 saturated heterocycles. The van der Waals surface area contributed by atoms with Gasteiger partial charge in [-0.15, -0.1) is 0 Å². The van der Waals surface area contributed by atoms with Crippen molar-refractivity contribution in [3.8, 4) is 0 Å². The molecule has 14 heavy (non-hydrogen) atoms. The van der Waals surface area contributed by atoms with E-state index >= 15 is 0 Å². The molecule has 0 radical (unpaired) electrons. The van der Waals surface area contributed by atoms with E-state index in [2.05, 4.69) is 20.5 Å². The second kappa shape index (κ2) is 7.48. The predicted molar refractivity (Wildman–Crippen MR) is 60.6 cm³/mol. The molecule has 1 heterocycles. The third-order valence-electron chi connectivity index (χ3n) is 1.36. The van der Waals surface area contributed by atoms with Crippen molar-refractivity contribution < 1.29 is 0 Å². The molecule has 0 aliphatic heterocycles. The molecule has 0 unspecified atom stereocenters. The van der Waals surface area contributed by atoms with Crippen LogP contribution in [0.4, 0.5) is 5.95 Å². The Kier molecular flexibility index (Phi) is 6.99. The van der Waals surface area contributed by atoms with Crippen molar-refractivity contribution in [3.63, 3.8) is 0 Å². The highest BCUT2D eigenvalue weighted by Crippen LogP contribution is 1.97. The number of hydrogen-bond acceptors (Lipinski definition) is 5. The maximum Gasteiger partial charge on any atom is 0.235 e. The second-order valence-corrected chi connectivity index (χ2v) is 2.67. The van der Waals surface area contributed by atoms with Gasteiger partial charge < -0.3 is 5.32 Å². The summed E-state index contributed by atoms with van der Waals surface area (Å²) in [5.74, 6) is 6.18. The zero-order valence-electron chi connectivity index (χ0n) is 8.79. The molecule has 0 amide bonds. The van der Waals surface area contributed by atoms with Crippen LogP contribution < -0.4 is 16.2 Å². The molecule has 1 aromatic rings. The number of H-pyrrole nitrogens is 2. The molecule has 0 aliphatic rings. The van der Waals surface area contributed by atoms with E-state index in [9.17, 15) is 0 Å². The zero-order chi connectivity index (χ0) is 11.0. The molecule has 0 bridgehead atoms. The molecule has 1 aromatic heterocycles. The summed E-state index contributed by atoms with van der Waals surface area (Å²) in [6, 6.07) is 0. The summed E-state index contributed by atoms with van der Waals surface area (Å²) in [5.41, 5.74) is 0. The number of anilines is 1. The lowest BCUT2D eigenvalue weighted by atomic mass is 10.6. The van der Waals surface area contributed by atoms with Crippen molar-refractivity contribution in [1.82, 2.24) is 20.5 Å². The summed E-state index contributed by atoms with van der Waals surface area (Å²) in [7, 11) is 1.86. The van der Waals surface area contributed by atoms with Crippen molar-refractivity contribution in [1.29, 1.82) is 0 Å². The van der Waals surface area contributed by atoms with Gasteiger partial charge in [0.05, 0.1) is 0 Å². The number of aromatic nitrogens is 3. The fourth-order valence-electron chi connectivity index (χ4n) is 0.736. The first-order valence-corrected chi connectivity index (χ1v) is 4.96. The average molecular weight is 218 g/mol. The maximum absolute atomic E-state index is 5.63. The number of aromatic amines is 2. The third kappa shape index (κ3) is 4.35. The van der Waals surface area contributed by atoms with Crippen LogP contribution in [0.1, 0.15) is 13.8 Å². The minimum absolute atomic E-state index is 0.407. The van der Waals surface area contributed by atoms with Crippen LogP contribution in [0.25, 0.3) is 0 Å². The molecule has 82 valence electrons. The van der Waals surface area contributed by atoms with Gasteiger partial charge in [-0.1, -0.05) is 13.8 Å². The van der Waals surface area contributed by atoms with Crippen molar-refractivity contribution in [2.75, 3.05) is 25.1 Å². The lowest BCUT2D eigenvalue weighted by molar-refractivity contribution is 0.727. The van der Waals surface area contributed by atoms with Crippen LogP contribution in [0, 0.1) is 4.77 Å². The molecule has 0 aliphatic carbocycles. The van der Waals surface area contributed by atoms with Crippen LogP contribution in [0.2, 0.25) is 0 Å². The topological polar surface area (TPSA) is 85.8 Å². The Hall–Kier alpha value is -0.920. The minimum atomic E-state index is 0.407. The molecular weight excluding hydrogens is 200 g/mol. The molecule has 1 rings (SSSR count). The van der Waals surface area contributed by atoms with Crippen molar-refractivity contribution in [2.45, 2.75) is 13.8 Å². The highest BCUT2D eigenvalue weighted by atomic mass is 32.1. The number of rotatable bonds is 4. The molecule has 5 N–H and O–H groups in total. The fraction of sp³-hybridized carbons (Fsp3) is 0.714. The van der Waals surface area contributed by atoms with Crippen molar-refractivity contribution in [3.05, 3.63) is 4.77 Å². The van der Waals surface area contributed by atoms with Gasteiger partial charge in [-0.3, -0.25) is 15.2 Å². The van der Waals surface area contributed by atoms with Crippen LogP contribution in [-0.2, 0) is 0 Å². The Bertz CT molecular complexity index is 280. The highest BCUT2D eigenvalue weighted by Gasteiger charge is 2.02.